The number of anilines is 1. The predicted octanol–water partition coefficient (Wildman–Crippen LogP) is 2.72. The lowest BCUT2D eigenvalue weighted by Crippen LogP contribution is -2.40. The van der Waals surface area contributed by atoms with Crippen molar-refractivity contribution in [3.8, 4) is 0 Å². The Morgan fingerprint density at radius 3 is 2.89 bits per heavy atom. The molecule has 18 heavy (non-hydrogen) atoms. The molecule has 0 bridgehead atoms. The first kappa shape index (κ1) is 13.3. The highest BCUT2D eigenvalue weighted by molar-refractivity contribution is 7.09. The number of aliphatic carboxylic acids is 1. The second kappa shape index (κ2) is 4.84. The lowest BCUT2D eigenvalue weighted by atomic mass is 9.85. The van der Waals surface area contributed by atoms with Gasteiger partial charge in [0.15, 0.2) is 0 Å². The highest BCUT2D eigenvalue weighted by Crippen LogP contribution is 2.40. The maximum Gasteiger partial charge on any atom is 0.311 e. The first-order valence-corrected chi connectivity index (χ1v) is 7.04. The van der Waals surface area contributed by atoms with Gasteiger partial charge in [-0.25, -0.2) is 4.98 Å². The standard InChI is InChI=1S/C12H19N3O2S/c1-7(2)9-14-11(18-15-9)13-8-5-4-6-12(8,3)10(16)17/h7-8H,4-6H2,1-3H3,(H,16,17)(H,13,14,15). The average molecular weight is 269 g/mol. The fraction of sp³-hybridized carbons (Fsp3) is 0.750. The third-order valence-corrected chi connectivity index (χ3v) is 4.36. The minimum Gasteiger partial charge on any atom is -0.481 e. The minimum absolute atomic E-state index is 0.0528. The molecule has 6 heteroatoms. The molecule has 1 aliphatic carbocycles. The van der Waals surface area contributed by atoms with Crippen molar-refractivity contribution in [2.75, 3.05) is 5.32 Å². The van der Waals surface area contributed by atoms with E-state index in [1.165, 1.54) is 11.5 Å². The fourth-order valence-electron chi connectivity index (χ4n) is 2.33. The summed E-state index contributed by atoms with van der Waals surface area (Å²) in [6.45, 7) is 5.90. The Bertz CT molecular complexity index is 446. The van der Waals surface area contributed by atoms with Gasteiger partial charge in [-0.1, -0.05) is 20.3 Å². The first-order chi connectivity index (χ1) is 8.43. The van der Waals surface area contributed by atoms with Crippen molar-refractivity contribution >= 4 is 22.6 Å². The predicted molar refractivity (Wildman–Crippen MR) is 71.0 cm³/mol. The van der Waals surface area contributed by atoms with Gasteiger partial charge in [0.1, 0.15) is 5.82 Å². The number of carbonyl (C=O) groups is 1. The van der Waals surface area contributed by atoms with E-state index in [9.17, 15) is 9.90 Å². The Kier molecular flexibility index (Phi) is 3.56. The van der Waals surface area contributed by atoms with E-state index >= 15 is 0 Å². The van der Waals surface area contributed by atoms with E-state index < -0.39 is 11.4 Å². The summed E-state index contributed by atoms with van der Waals surface area (Å²) in [6, 6.07) is -0.0528. The Morgan fingerprint density at radius 1 is 1.61 bits per heavy atom. The summed E-state index contributed by atoms with van der Waals surface area (Å²) in [4.78, 5) is 15.8. The van der Waals surface area contributed by atoms with Gasteiger partial charge in [0.2, 0.25) is 5.13 Å². The van der Waals surface area contributed by atoms with E-state index in [0.717, 1.165) is 30.2 Å². The maximum absolute atomic E-state index is 11.4. The fourth-order valence-corrected chi connectivity index (χ4v) is 3.09. The van der Waals surface area contributed by atoms with E-state index in [-0.39, 0.29) is 6.04 Å². The second-order valence-corrected chi connectivity index (χ2v) is 6.18. The number of carboxylic acids is 1. The molecule has 2 rings (SSSR count). The van der Waals surface area contributed by atoms with Gasteiger partial charge in [-0.3, -0.25) is 4.79 Å². The van der Waals surface area contributed by atoms with Gasteiger partial charge in [0.05, 0.1) is 5.41 Å². The Labute approximate surface area is 111 Å². The van der Waals surface area contributed by atoms with Crippen molar-refractivity contribution in [2.24, 2.45) is 5.41 Å². The molecule has 0 spiro atoms. The van der Waals surface area contributed by atoms with Crippen LogP contribution in [0.15, 0.2) is 0 Å². The molecule has 1 aromatic rings. The van der Waals surface area contributed by atoms with E-state index in [1.54, 1.807) is 0 Å². The number of aromatic nitrogens is 2. The third kappa shape index (κ3) is 2.34. The molecule has 100 valence electrons. The summed E-state index contributed by atoms with van der Waals surface area (Å²) in [5.74, 6) is 0.384. The number of hydrogen-bond acceptors (Lipinski definition) is 5. The largest absolute Gasteiger partial charge is 0.481 e. The zero-order chi connectivity index (χ0) is 13.3. The summed E-state index contributed by atoms with van der Waals surface area (Å²) < 4.78 is 4.27. The number of nitrogens with one attached hydrogen (secondary N) is 1. The van der Waals surface area contributed by atoms with E-state index in [0.29, 0.717) is 5.92 Å². The molecular weight excluding hydrogens is 250 g/mol. The lowest BCUT2D eigenvalue weighted by molar-refractivity contribution is -0.147. The first-order valence-electron chi connectivity index (χ1n) is 6.27. The van der Waals surface area contributed by atoms with Crippen LogP contribution in [0.5, 0.6) is 0 Å². The Balaban J connectivity index is 2.10. The summed E-state index contributed by atoms with van der Waals surface area (Å²) in [6.07, 6.45) is 2.53. The molecule has 1 fully saturated rings. The zero-order valence-electron chi connectivity index (χ0n) is 10.9. The molecule has 5 nitrogen and oxygen atoms in total. The SMILES string of the molecule is CC(C)c1nsc(NC2CCCC2(C)C(=O)O)n1. The van der Waals surface area contributed by atoms with Crippen LogP contribution in [0.25, 0.3) is 0 Å². The van der Waals surface area contributed by atoms with Crippen LogP contribution in [0, 0.1) is 5.41 Å². The minimum atomic E-state index is -0.730. The second-order valence-electron chi connectivity index (χ2n) is 5.42. The molecule has 1 heterocycles. The van der Waals surface area contributed by atoms with Gasteiger partial charge in [-0.2, -0.15) is 4.37 Å². The van der Waals surface area contributed by atoms with Crippen LogP contribution in [0.2, 0.25) is 0 Å². The van der Waals surface area contributed by atoms with Gasteiger partial charge >= 0.3 is 5.97 Å². The zero-order valence-corrected chi connectivity index (χ0v) is 11.8. The van der Waals surface area contributed by atoms with Crippen LogP contribution in [-0.4, -0.2) is 26.5 Å². The molecule has 1 aromatic heterocycles. The molecule has 2 atom stereocenters. The quantitative estimate of drug-likeness (QED) is 0.879. The highest BCUT2D eigenvalue weighted by atomic mass is 32.1. The molecule has 0 saturated heterocycles. The summed E-state index contributed by atoms with van der Waals surface area (Å²) in [5.41, 5.74) is -0.691. The monoisotopic (exact) mass is 269 g/mol. The molecule has 1 saturated carbocycles. The average Bonchev–Trinajstić information content (AvgIpc) is 2.88. The van der Waals surface area contributed by atoms with Crippen molar-refractivity contribution in [1.29, 1.82) is 0 Å². The number of hydrogen-bond donors (Lipinski definition) is 2. The summed E-state index contributed by atoms with van der Waals surface area (Å²) in [7, 11) is 0. The van der Waals surface area contributed by atoms with Crippen molar-refractivity contribution < 1.29 is 9.90 Å². The molecular formula is C12H19N3O2S. The van der Waals surface area contributed by atoms with Gasteiger partial charge in [-0.15, -0.1) is 0 Å². The summed E-state index contributed by atoms with van der Waals surface area (Å²) in [5, 5.41) is 13.3. The van der Waals surface area contributed by atoms with Crippen molar-refractivity contribution in [3.05, 3.63) is 5.82 Å². The highest BCUT2D eigenvalue weighted by Gasteiger charge is 2.45. The van der Waals surface area contributed by atoms with Crippen LogP contribution >= 0.6 is 11.5 Å². The molecule has 0 amide bonds. The molecule has 1 aliphatic rings. The van der Waals surface area contributed by atoms with E-state index in [2.05, 4.69) is 14.7 Å². The molecule has 0 aliphatic heterocycles. The molecule has 2 N–H and O–H groups in total. The number of carboxylic acid groups (broad SMARTS) is 1. The maximum atomic E-state index is 11.4. The van der Waals surface area contributed by atoms with Crippen LogP contribution < -0.4 is 5.32 Å². The molecule has 0 aromatic carbocycles. The van der Waals surface area contributed by atoms with Crippen LogP contribution in [-0.2, 0) is 4.79 Å². The number of rotatable bonds is 4. The third-order valence-electron chi connectivity index (χ3n) is 3.70. The van der Waals surface area contributed by atoms with Crippen molar-refractivity contribution in [2.45, 2.75) is 52.0 Å². The van der Waals surface area contributed by atoms with Crippen molar-refractivity contribution in [1.82, 2.24) is 9.36 Å². The van der Waals surface area contributed by atoms with Gasteiger partial charge in [0, 0.05) is 23.5 Å². The smallest absolute Gasteiger partial charge is 0.311 e. The van der Waals surface area contributed by atoms with Crippen LogP contribution in [0.3, 0.4) is 0 Å². The molecule has 2 unspecified atom stereocenters. The van der Waals surface area contributed by atoms with Gasteiger partial charge < -0.3 is 10.4 Å². The van der Waals surface area contributed by atoms with Crippen LogP contribution in [0.4, 0.5) is 5.13 Å². The number of nitrogens with zero attached hydrogens (tertiary/aromatic N) is 2. The Morgan fingerprint density at radius 2 is 2.33 bits per heavy atom. The summed E-state index contributed by atoms with van der Waals surface area (Å²) >= 11 is 1.31. The van der Waals surface area contributed by atoms with Crippen molar-refractivity contribution in [3.63, 3.8) is 0 Å². The molecule has 0 radical (unpaired) electrons. The van der Waals surface area contributed by atoms with Gasteiger partial charge in [-0.05, 0) is 19.8 Å². The lowest BCUT2D eigenvalue weighted by Gasteiger charge is -2.27. The van der Waals surface area contributed by atoms with Crippen LogP contribution in [0.1, 0.15) is 51.8 Å². The van der Waals surface area contributed by atoms with E-state index in [1.807, 2.05) is 20.8 Å². The normalized spacial score (nSPS) is 27.7. The topological polar surface area (TPSA) is 75.1 Å². The van der Waals surface area contributed by atoms with Gasteiger partial charge in [0.25, 0.3) is 0 Å². The Hall–Kier alpha value is -1.17. The van der Waals surface area contributed by atoms with E-state index in [4.69, 9.17) is 0 Å².